The van der Waals surface area contributed by atoms with Crippen LogP contribution in [0, 0.1) is 6.92 Å². The molecule has 0 bridgehead atoms. The molecule has 0 aliphatic rings. The van der Waals surface area contributed by atoms with E-state index in [1.54, 1.807) is 6.20 Å². The van der Waals surface area contributed by atoms with Gasteiger partial charge >= 0.3 is 0 Å². The lowest BCUT2D eigenvalue weighted by Crippen LogP contribution is -1.81. The minimum Gasteiger partial charge on any atom is -0.264 e. The van der Waals surface area contributed by atoms with Crippen LogP contribution in [0.15, 0.2) is 30.0 Å². The molecule has 12 heavy (non-hydrogen) atoms. The molecular weight excluding hydrogens is 168 g/mol. The summed E-state index contributed by atoms with van der Waals surface area (Å²) in [6, 6.07) is 2.01. The Morgan fingerprint density at radius 1 is 1.33 bits per heavy atom. The predicted octanol–water partition coefficient (Wildman–Crippen LogP) is 2.51. The van der Waals surface area contributed by atoms with Crippen LogP contribution < -0.4 is 0 Å². The molecule has 2 heterocycles. The third-order valence-corrected chi connectivity index (χ3v) is 2.37. The summed E-state index contributed by atoms with van der Waals surface area (Å²) in [5, 5.41) is 2.03. The minimum absolute atomic E-state index is 1.16. The van der Waals surface area contributed by atoms with Crippen molar-refractivity contribution >= 4 is 11.5 Å². The van der Waals surface area contributed by atoms with Crippen LogP contribution in [0.2, 0.25) is 0 Å². The van der Waals surface area contributed by atoms with Gasteiger partial charge in [0.2, 0.25) is 0 Å². The molecule has 0 spiro atoms. The average molecular weight is 176 g/mol. The molecule has 0 radical (unpaired) electrons. The molecular formula is C9H8N2S. The molecule has 0 unspecified atom stereocenters. The average Bonchev–Trinajstić information content (AvgIpc) is 2.57. The second kappa shape index (κ2) is 3.03. The Hall–Kier alpha value is -1.22. The lowest BCUT2D eigenvalue weighted by Gasteiger charge is -1.99. The molecule has 60 valence electrons. The highest BCUT2D eigenvalue weighted by Gasteiger charge is 2.00. The van der Waals surface area contributed by atoms with Gasteiger partial charge in [0.05, 0.1) is 0 Å². The smallest absolute Gasteiger partial charge is 0.0486 e. The first-order valence-corrected chi connectivity index (χ1v) is 4.52. The molecule has 0 aliphatic carbocycles. The van der Waals surface area contributed by atoms with Crippen LogP contribution in [-0.2, 0) is 0 Å². The van der Waals surface area contributed by atoms with Crippen LogP contribution >= 0.6 is 11.5 Å². The Morgan fingerprint density at radius 2 is 2.25 bits per heavy atom. The Labute approximate surface area is 75.1 Å². The Bertz CT molecular complexity index is 368. The van der Waals surface area contributed by atoms with E-state index in [-0.39, 0.29) is 0 Å². The Morgan fingerprint density at radius 3 is 2.92 bits per heavy atom. The largest absolute Gasteiger partial charge is 0.264 e. The molecule has 0 atom stereocenters. The molecule has 2 aromatic rings. The molecule has 0 N–H and O–H groups in total. The summed E-state index contributed by atoms with van der Waals surface area (Å²) >= 11 is 1.47. The van der Waals surface area contributed by atoms with E-state index in [1.807, 2.05) is 23.8 Å². The molecule has 0 saturated heterocycles. The second-order valence-electron chi connectivity index (χ2n) is 2.60. The van der Waals surface area contributed by atoms with E-state index >= 15 is 0 Å². The predicted molar refractivity (Wildman–Crippen MR) is 50.1 cm³/mol. The van der Waals surface area contributed by atoms with Gasteiger partial charge in [0.15, 0.2) is 0 Å². The third-order valence-electron chi connectivity index (χ3n) is 1.78. The molecule has 0 aromatic carbocycles. The lowest BCUT2D eigenvalue weighted by molar-refractivity contribution is 1.29. The van der Waals surface area contributed by atoms with Crippen LogP contribution in [0.25, 0.3) is 11.1 Å². The van der Waals surface area contributed by atoms with Gasteiger partial charge in [0.25, 0.3) is 0 Å². The summed E-state index contributed by atoms with van der Waals surface area (Å²) in [6.07, 6.45) is 5.55. The standard InChI is InChI=1S/C9H8N2S/c1-7-2-3-10-5-9(7)8-4-11-12-6-8/h2-6H,1H3. The normalized spacial score (nSPS) is 10.1. The van der Waals surface area contributed by atoms with Crippen molar-refractivity contribution in [1.29, 1.82) is 0 Å². The maximum absolute atomic E-state index is 4.08. The van der Waals surface area contributed by atoms with Gasteiger partial charge in [-0.3, -0.25) is 4.98 Å². The molecule has 2 rings (SSSR count). The summed E-state index contributed by atoms with van der Waals surface area (Å²) in [5.41, 5.74) is 3.57. The fourth-order valence-corrected chi connectivity index (χ4v) is 1.64. The fourth-order valence-electron chi connectivity index (χ4n) is 1.10. The maximum Gasteiger partial charge on any atom is 0.0486 e. The van der Waals surface area contributed by atoms with E-state index in [2.05, 4.69) is 16.3 Å². The van der Waals surface area contributed by atoms with Crippen molar-refractivity contribution in [3.8, 4) is 11.1 Å². The van der Waals surface area contributed by atoms with Gasteiger partial charge in [-0.2, -0.15) is 0 Å². The topological polar surface area (TPSA) is 25.8 Å². The minimum atomic E-state index is 1.16. The fraction of sp³-hybridized carbons (Fsp3) is 0.111. The number of aromatic nitrogens is 2. The van der Waals surface area contributed by atoms with Crippen molar-refractivity contribution in [3.63, 3.8) is 0 Å². The van der Waals surface area contributed by atoms with E-state index in [9.17, 15) is 0 Å². The molecule has 3 heteroatoms. The van der Waals surface area contributed by atoms with E-state index < -0.39 is 0 Å². The zero-order valence-corrected chi connectivity index (χ0v) is 7.51. The first kappa shape index (κ1) is 7.43. The van der Waals surface area contributed by atoms with Gasteiger partial charge in [-0.05, 0) is 30.1 Å². The first-order chi connectivity index (χ1) is 5.88. The van der Waals surface area contributed by atoms with Gasteiger partial charge in [-0.15, -0.1) is 0 Å². The SMILES string of the molecule is Cc1ccncc1-c1cnsc1. The Balaban J connectivity index is 2.55. The van der Waals surface area contributed by atoms with Gasteiger partial charge in [-0.1, -0.05) is 0 Å². The highest BCUT2D eigenvalue weighted by Crippen LogP contribution is 2.22. The number of nitrogens with zero attached hydrogens (tertiary/aromatic N) is 2. The lowest BCUT2D eigenvalue weighted by atomic mass is 10.1. The molecule has 2 aromatic heterocycles. The number of hydrogen-bond donors (Lipinski definition) is 0. The molecule has 2 nitrogen and oxygen atoms in total. The monoisotopic (exact) mass is 176 g/mol. The number of hydrogen-bond acceptors (Lipinski definition) is 3. The van der Waals surface area contributed by atoms with Gasteiger partial charge < -0.3 is 0 Å². The summed E-state index contributed by atoms with van der Waals surface area (Å²) in [4.78, 5) is 4.08. The van der Waals surface area contributed by atoms with Crippen molar-refractivity contribution in [2.75, 3.05) is 0 Å². The summed E-state index contributed by atoms with van der Waals surface area (Å²) in [5.74, 6) is 0. The van der Waals surface area contributed by atoms with E-state index in [0.29, 0.717) is 0 Å². The zero-order valence-electron chi connectivity index (χ0n) is 6.69. The van der Waals surface area contributed by atoms with E-state index in [4.69, 9.17) is 0 Å². The maximum atomic E-state index is 4.08. The van der Waals surface area contributed by atoms with Gasteiger partial charge in [0, 0.05) is 35.1 Å². The molecule has 0 aliphatic heterocycles. The highest BCUT2D eigenvalue weighted by atomic mass is 32.1. The second-order valence-corrected chi connectivity index (χ2v) is 3.26. The quantitative estimate of drug-likeness (QED) is 0.667. The van der Waals surface area contributed by atoms with Crippen molar-refractivity contribution in [2.24, 2.45) is 0 Å². The number of pyridine rings is 1. The van der Waals surface area contributed by atoms with Gasteiger partial charge in [0.1, 0.15) is 0 Å². The third kappa shape index (κ3) is 1.23. The van der Waals surface area contributed by atoms with E-state index in [1.165, 1.54) is 22.7 Å². The van der Waals surface area contributed by atoms with Crippen molar-refractivity contribution < 1.29 is 0 Å². The summed E-state index contributed by atoms with van der Waals surface area (Å²) in [6.45, 7) is 2.08. The van der Waals surface area contributed by atoms with Gasteiger partial charge in [-0.25, -0.2) is 4.37 Å². The zero-order chi connectivity index (χ0) is 8.39. The van der Waals surface area contributed by atoms with Crippen molar-refractivity contribution in [1.82, 2.24) is 9.36 Å². The van der Waals surface area contributed by atoms with Crippen LogP contribution in [0.5, 0.6) is 0 Å². The van der Waals surface area contributed by atoms with Crippen LogP contribution in [0.4, 0.5) is 0 Å². The number of aryl methyl sites for hydroxylation is 1. The van der Waals surface area contributed by atoms with Crippen molar-refractivity contribution in [2.45, 2.75) is 6.92 Å². The van der Waals surface area contributed by atoms with Crippen molar-refractivity contribution in [3.05, 3.63) is 35.6 Å². The van der Waals surface area contributed by atoms with Crippen LogP contribution in [0.3, 0.4) is 0 Å². The van der Waals surface area contributed by atoms with Crippen LogP contribution in [-0.4, -0.2) is 9.36 Å². The molecule has 0 fully saturated rings. The molecule has 0 amide bonds. The molecule has 0 saturated carbocycles. The first-order valence-electron chi connectivity index (χ1n) is 3.68. The highest BCUT2D eigenvalue weighted by molar-refractivity contribution is 7.03. The van der Waals surface area contributed by atoms with Crippen LogP contribution in [0.1, 0.15) is 5.56 Å². The number of rotatable bonds is 1. The summed E-state index contributed by atoms with van der Waals surface area (Å²) in [7, 11) is 0. The Kier molecular flexibility index (Phi) is 1.87. The van der Waals surface area contributed by atoms with E-state index in [0.717, 1.165) is 5.56 Å². The summed E-state index contributed by atoms with van der Waals surface area (Å²) < 4.78 is 4.05.